The zero-order chi connectivity index (χ0) is 23.6. The van der Waals surface area contributed by atoms with Crippen molar-refractivity contribution in [1.82, 2.24) is 0 Å². The average Bonchev–Trinajstić information content (AvgIpc) is 2.80. The number of rotatable bonds is 7. The van der Waals surface area contributed by atoms with Gasteiger partial charge in [-0.15, -0.1) is 11.8 Å². The first-order valence-corrected chi connectivity index (χ1v) is 12.3. The Hall–Kier alpha value is -3.49. The number of hydrogen-bond acceptors (Lipinski definition) is 5. The van der Waals surface area contributed by atoms with Crippen LogP contribution >= 0.6 is 11.8 Å². The number of phenols is 1. The molecule has 0 radical (unpaired) electrons. The first kappa shape index (κ1) is 22.7. The number of hydrogen-bond donors (Lipinski definition) is 3. The molecule has 0 bridgehead atoms. The normalized spacial score (nSPS) is 11.4. The maximum atomic E-state index is 13.2. The lowest BCUT2D eigenvalue weighted by Gasteiger charge is -2.15. The molecule has 0 aliphatic rings. The predicted molar refractivity (Wildman–Crippen MR) is 131 cm³/mol. The number of aliphatic hydroxyl groups is 1. The summed E-state index contributed by atoms with van der Waals surface area (Å²) in [6.45, 7) is 3.44. The lowest BCUT2D eigenvalue weighted by atomic mass is 10.1. The SMILES string of the molecule is C=C(O)CSc1cc(NS(=O)(=O)c2ccc(-c3ccc(F)cc3)cc2)c2ccccc2c1O. The number of benzene rings is 4. The first-order valence-electron chi connectivity index (χ1n) is 9.88. The third-order valence-corrected chi connectivity index (χ3v) is 7.44. The molecule has 0 aromatic heterocycles. The van der Waals surface area contributed by atoms with Gasteiger partial charge in [-0.25, -0.2) is 12.8 Å². The number of nitrogens with one attached hydrogen (secondary N) is 1. The van der Waals surface area contributed by atoms with Gasteiger partial charge in [-0.2, -0.15) is 0 Å². The minimum Gasteiger partial charge on any atom is -0.512 e. The number of halogens is 1. The van der Waals surface area contributed by atoms with Gasteiger partial charge in [0.1, 0.15) is 11.6 Å². The van der Waals surface area contributed by atoms with E-state index in [1.54, 1.807) is 48.5 Å². The summed E-state index contributed by atoms with van der Waals surface area (Å²) in [7, 11) is -3.94. The van der Waals surface area contributed by atoms with E-state index in [1.165, 1.54) is 30.3 Å². The summed E-state index contributed by atoms with van der Waals surface area (Å²) in [6, 6.07) is 20.7. The Kier molecular flexibility index (Phi) is 6.31. The van der Waals surface area contributed by atoms with E-state index in [4.69, 9.17) is 0 Å². The quantitative estimate of drug-likeness (QED) is 0.163. The van der Waals surface area contributed by atoms with E-state index in [-0.39, 0.29) is 28.0 Å². The van der Waals surface area contributed by atoms with Gasteiger partial charge in [-0.1, -0.05) is 55.1 Å². The van der Waals surface area contributed by atoms with Gasteiger partial charge in [-0.05, 0) is 41.5 Å². The number of phenolic OH excluding ortho intramolecular Hbond substituents is 1. The molecule has 4 aromatic carbocycles. The molecule has 33 heavy (non-hydrogen) atoms. The molecule has 0 heterocycles. The number of sulfonamides is 1. The Morgan fingerprint density at radius 3 is 2.12 bits per heavy atom. The summed E-state index contributed by atoms with van der Waals surface area (Å²) in [5.74, 6) is -0.244. The summed E-state index contributed by atoms with van der Waals surface area (Å²) >= 11 is 1.15. The summed E-state index contributed by atoms with van der Waals surface area (Å²) in [6.07, 6.45) is 0. The Morgan fingerprint density at radius 1 is 0.939 bits per heavy atom. The van der Waals surface area contributed by atoms with E-state index in [0.29, 0.717) is 21.4 Å². The second-order valence-electron chi connectivity index (χ2n) is 7.31. The molecule has 168 valence electrons. The number of fused-ring (bicyclic) bond motifs is 1. The van der Waals surface area contributed by atoms with Gasteiger partial charge in [0, 0.05) is 10.8 Å². The van der Waals surface area contributed by atoms with Crippen molar-refractivity contribution >= 4 is 38.2 Å². The van der Waals surface area contributed by atoms with Crippen LogP contribution in [0.5, 0.6) is 5.75 Å². The summed E-state index contributed by atoms with van der Waals surface area (Å²) in [4.78, 5) is 0.469. The fraction of sp³-hybridized carbons (Fsp3) is 0.0400. The van der Waals surface area contributed by atoms with Crippen molar-refractivity contribution in [2.75, 3.05) is 10.5 Å². The third-order valence-electron chi connectivity index (χ3n) is 4.96. The Morgan fingerprint density at radius 2 is 1.52 bits per heavy atom. The lowest BCUT2D eigenvalue weighted by molar-refractivity contribution is 0.420. The molecular formula is C25H20FNO4S2. The van der Waals surface area contributed by atoms with Crippen molar-refractivity contribution in [2.45, 2.75) is 9.79 Å². The van der Waals surface area contributed by atoms with Gasteiger partial charge >= 0.3 is 0 Å². The van der Waals surface area contributed by atoms with Crippen molar-refractivity contribution in [2.24, 2.45) is 0 Å². The van der Waals surface area contributed by atoms with Crippen LogP contribution in [0.25, 0.3) is 21.9 Å². The molecule has 3 N–H and O–H groups in total. The highest BCUT2D eigenvalue weighted by atomic mass is 32.2. The second kappa shape index (κ2) is 9.17. The van der Waals surface area contributed by atoms with E-state index >= 15 is 0 Å². The molecule has 4 aromatic rings. The van der Waals surface area contributed by atoms with Crippen molar-refractivity contribution < 1.29 is 23.0 Å². The molecule has 0 amide bonds. The first-order chi connectivity index (χ1) is 15.7. The highest BCUT2D eigenvalue weighted by Gasteiger charge is 2.19. The van der Waals surface area contributed by atoms with Crippen LogP contribution in [-0.2, 0) is 10.0 Å². The van der Waals surface area contributed by atoms with Gasteiger partial charge in [0.15, 0.2) is 0 Å². The van der Waals surface area contributed by atoms with Gasteiger partial charge in [0.25, 0.3) is 10.0 Å². The second-order valence-corrected chi connectivity index (χ2v) is 10.0. The zero-order valence-corrected chi connectivity index (χ0v) is 19.0. The maximum absolute atomic E-state index is 13.2. The fourth-order valence-electron chi connectivity index (χ4n) is 3.36. The molecular weight excluding hydrogens is 461 g/mol. The highest BCUT2D eigenvalue weighted by molar-refractivity contribution is 7.99. The minimum absolute atomic E-state index is 0.00319. The van der Waals surface area contributed by atoms with Gasteiger partial charge in [0.2, 0.25) is 0 Å². The molecule has 0 unspecified atom stereocenters. The molecule has 0 saturated heterocycles. The van der Waals surface area contributed by atoms with Crippen LogP contribution in [0, 0.1) is 5.82 Å². The van der Waals surface area contributed by atoms with Crippen LogP contribution in [0.1, 0.15) is 0 Å². The molecule has 8 heteroatoms. The van der Waals surface area contributed by atoms with Gasteiger partial charge < -0.3 is 10.2 Å². The van der Waals surface area contributed by atoms with Crippen LogP contribution < -0.4 is 4.72 Å². The van der Waals surface area contributed by atoms with Crippen molar-refractivity contribution in [1.29, 1.82) is 0 Å². The molecule has 5 nitrogen and oxygen atoms in total. The number of thioether (sulfide) groups is 1. The molecule has 0 aliphatic carbocycles. The molecule has 0 atom stereocenters. The predicted octanol–water partition coefficient (Wildman–Crippen LogP) is 6.32. The van der Waals surface area contributed by atoms with E-state index in [9.17, 15) is 23.0 Å². The topological polar surface area (TPSA) is 86.6 Å². The Labute approximate surface area is 195 Å². The fourth-order valence-corrected chi connectivity index (χ4v) is 5.20. The van der Waals surface area contributed by atoms with Crippen LogP contribution in [0.3, 0.4) is 0 Å². The highest BCUT2D eigenvalue weighted by Crippen LogP contribution is 2.40. The third kappa shape index (κ3) is 4.97. The van der Waals surface area contributed by atoms with E-state index in [2.05, 4.69) is 11.3 Å². The van der Waals surface area contributed by atoms with Crippen LogP contribution in [0.15, 0.2) is 101 Å². The monoisotopic (exact) mass is 481 g/mol. The van der Waals surface area contributed by atoms with Crippen LogP contribution in [0.2, 0.25) is 0 Å². The Bertz CT molecular complexity index is 1430. The maximum Gasteiger partial charge on any atom is 0.261 e. The molecule has 4 rings (SSSR count). The summed E-state index contributed by atoms with van der Waals surface area (Å²) < 4.78 is 42.0. The van der Waals surface area contributed by atoms with E-state index < -0.39 is 10.0 Å². The standard InChI is InChI=1S/C25H20FNO4S2/c1-16(28)15-32-24-14-23(21-4-2-3-5-22(21)25(24)29)27-33(30,31)20-12-8-18(9-13-20)17-6-10-19(26)11-7-17/h2-14,27-29H,1,15H2. The minimum atomic E-state index is -3.94. The lowest BCUT2D eigenvalue weighted by Crippen LogP contribution is -2.13. The molecule has 0 fully saturated rings. The number of anilines is 1. The van der Waals surface area contributed by atoms with Crippen LogP contribution in [0.4, 0.5) is 10.1 Å². The smallest absolute Gasteiger partial charge is 0.261 e. The van der Waals surface area contributed by atoms with Gasteiger partial charge in [-0.3, -0.25) is 4.72 Å². The Balaban J connectivity index is 1.68. The number of aromatic hydroxyl groups is 1. The van der Waals surface area contributed by atoms with Crippen molar-refractivity contribution in [3.63, 3.8) is 0 Å². The van der Waals surface area contributed by atoms with Crippen LogP contribution in [-0.4, -0.2) is 24.4 Å². The summed E-state index contributed by atoms with van der Waals surface area (Å²) in [5, 5.41) is 21.1. The van der Waals surface area contributed by atoms with Gasteiger partial charge in [0.05, 0.1) is 27.0 Å². The molecule has 0 saturated carbocycles. The van der Waals surface area contributed by atoms with Crippen molar-refractivity contribution in [3.8, 4) is 16.9 Å². The van der Waals surface area contributed by atoms with E-state index in [1.807, 2.05) is 0 Å². The zero-order valence-electron chi connectivity index (χ0n) is 17.3. The number of aliphatic hydroxyl groups excluding tert-OH is 1. The molecule has 0 spiro atoms. The molecule has 0 aliphatic heterocycles. The van der Waals surface area contributed by atoms with Crippen molar-refractivity contribution in [3.05, 3.63) is 97.0 Å². The average molecular weight is 482 g/mol. The largest absolute Gasteiger partial charge is 0.512 e. The van der Waals surface area contributed by atoms with E-state index in [0.717, 1.165) is 22.9 Å². The summed E-state index contributed by atoms with van der Waals surface area (Å²) in [5.41, 5.74) is 1.83.